The zero-order chi connectivity index (χ0) is 9.59. The number of rotatable bonds is 0. The van der Waals surface area contributed by atoms with Crippen LogP contribution in [0.5, 0.6) is 0 Å². The van der Waals surface area contributed by atoms with Crippen LogP contribution >= 0.6 is 0 Å². The van der Waals surface area contributed by atoms with Gasteiger partial charge in [-0.1, -0.05) is 6.07 Å². The quantitative estimate of drug-likeness (QED) is 0.538. The normalized spacial score (nSPS) is 11.1. The molecule has 2 aromatic rings. The van der Waals surface area contributed by atoms with E-state index in [0.717, 1.165) is 0 Å². The Kier molecular flexibility index (Phi) is 1.65. The minimum atomic E-state index is 1.30. The second kappa shape index (κ2) is 2.59. The van der Waals surface area contributed by atoms with E-state index in [-0.39, 0.29) is 0 Å². The maximum Gasteiger partial charge on any atom is 0.244 e. The third-order valence-electron chi connectivity index (χ3n) is 2.76. The predicted octanol–water partition coefficient (Wildman–Crippen LogP) is 1.62. The number of aryl methyl sites for hydroxylation is 4. The standard InChI is InChI=1S/C11H15N2/c1-8-5-6-10-11(9(8)2)13(4)7-12(10)3/h5-7H,1-4H3/q+1. The molecular formula is C11H15N2+. The Balaban J connectivity index is 2.98. The summed E-state index contributed by atoms with van der Waals surface area (Å²) in [5, 5.41) is 0. The number of hydrogen-bond acceptors (Lipinski definition) is 0. The smallest absolute Gasteiger partial charge is 0.233 e. The molecule has 1 aromatic heterocycles. The van der Waals surface area contributed by atoms with E-state index in [1.54, 1.807) is 0 Å². The van der Waals surface area contributed by atoms with Gasteiger partial charge in [0.1, 0.15) is 0 Å². The molecule has 13 heavy (non-hydrogen) atoms. The summed E-state index contributed by atoms with van der Waals surface area (Å²) in [6.07, 6.45) is 2.11. The molecule has 1 heterocycles. The summed E-state index contributed by atoms with van der Waals surface area (Å²) in [7, 11) is 4.17. The van der Waals surface area contributed by atoms with Gasteiger partial charge in [0.2, 0.25) is 6.33 Å². The van der Waals surface area contributed by atoms with Gasteiger partial charge in [0, 0.05) is 5.56 Å². The lowest BCUT2D eigenvalue weighted by Crippen LogP contribution is -2.26. The molecule has 68 valence electrons. The second-order valence-corrected chi connectivity index (χ2v) is 3.71. The largest absolute Gasteiger partial charge is 0.244 e. The molecular weight excluding hydrogens is 160 g/mol. The van der Waals surface area contributed by atoms with Crippen molar-refractivity contribution in [2.24, 2.45) is 14.1 Å². The van der Waals surface area contributed by atoms with Crippen LogP contribution in [0.15, 0.2) is 18.5 Å². The lowest BCUT2D eigenvalue weighted by Gasteiger charge is -1.98. The topological polar surface area (TPSA) is 8.81 Å². The Morgan fingerprint density at radius 1 is 1.23 bits per heavy atom. The number of hydrogen-bond donors (Lipinski definition) is 0. The van der Waals surface area contributed by atoms with E-state index < -0.39 is 0 Å². The lowest BCUT2D eigenvalue weighted by molar-refractivity contribution is -0.645. The van der Waals surface area contributed by atoms with E-state index in [0.29, 0.717) is 0 Å². The number of imidazole rings is 1. The first-order chi connectivity index (χ1) is 6.11. The monoisotopic (exact) mass is 175 g/mol. The van der Waals surface area contributed by atoms with Crippen molar-refractivity contribution in [3.8, 4) is 0 Å². The van der Waals surface area contributed by atoms with Crippen molar-refractivity contribution < 1.29 is 4.57 Å². The van der Waals surface area contributed by atoms with Gasteiger partial charge < -0.3 is 0 Å². The zero-order valence-electron chi connectivity index (χ0n) is 8.63. The molecule has 0 fully saturated rings. The lowest BCUT2D eigenvalue weighted by atomic mass is 10.1. The van der Waals surface area contributed by atoms with Gasteiger partial charge in [-0.2, -0.15) is 0 Å². The summed E-state index contributed by atoms with van der Waals surface area (Å²) >= 11 is 0. The van der Waals surface area contributed by atoms with E-state index in [2.05, 4.69) is 55.5 Å². The average molecular weight is 175 g/mol. The molecule has 0 aliphatic carbocycles. The van der Waals surface area contributed by atoms with Crippen LogP contribution in [0.2, 0.25) is 0 Å². The highest BCUT2D eigenvalue weighted by molar-refractivity contribution is 5.76. The molecule has 0 aliphatic rings. The van der Waals surface area contributed by atoms with Crippen molar-refractivity contribution in [3.63, 3.8) is 0 Å². The number of fused-ring (bicyclic) bond motifs is 1. The maximum absolute atomic E-state index is 2.18. The van der Waals surface area contributed by atoms with Gasteiger partial charge in [-0.25, -0.2) is 9.13 Å². The minimum Gasteiger partial charge on any atom is -0.233 e. The van der Waals surface area contributed by atoms with E-state index in [1.165, 1.54) is 22.2 Å². The fraction of sp³-hybridized carbons (Fsp3) is 0.364. The Morgan fingerprint density at radius 3 is 2.62 bits per heavy atom. The second-order valence-electron chi connectivity index (χ2n) is 3.71. The fourth-order valence-corrected chi connectivity index (χ4v) is 1.90. The molecule has 0 atom stereocenters. The van der Waals surface area contributed by atoms with Crippen LogP contribution in [0.3, 0.4) is 0 Å². The minimum absolute atomic E-state index is 1.30. The Bertz CT molecular complexity index is 466. The average Bonchev–Trinajstić information content (AvgIpc) is 2.35. The molecule has 0 radical (unpaired) electrons. The summed E-state index contributed by atoms with van der Waals surface area (Å²) in [5.74, 6) is 0. The zero-order valence-corrected chi connectivity index (χ0v) is 8.63. The van der Waals surface area contributed by atoms with Crippen molar-refractivity contribution >= 4 is 11.0 Å². The number of nitrogens with zero attached hydrogens (tertiary/aromatic N) is 2. The Morgan fingerprint density at radius 2 is 1.92 bits per heavy atom. The van der Waals surface area contributed by atoms with E-state index in [4.69, 9.17) is 0 Å². The van der Waals surface area contributed by atoms with Gasteiger partial charge in [-0.05, 0) is 25.5 Å². The first-order valence-corrected chi connectivity index (χ1v) is 4.52. The first kappa shape index (κ1) is 8.30. The van der Waals surface area contributed by atoms with Crippen molar-refractivity contribution in [2.45, 2.75) is 13.8 Å². The Hall–Kier alpha value is -1.31. The molecule has 1 aromatic carbocycles. The van der Waals surface area contributed by atoms with Crippen molar-refractivity contribution in [2.75, 3.05) is 0 Å². The molecule has 2 rings (SSSR count). The van der Waals surface area contributed by atoms with Gasteiger partial charge in [-0.15, -0.1) is 0 Å². The van der Waals surface area contributed by atoms with Crippen molar-refractivity contribution in [1.82, 2.24) is 4.57 Å². The summed E-state index contributed by atoms with van der Waals surface area (Å²) in [5.41, 5.74) is 5.36. The van der Waals surface area contributed by atoms with Gasteiger partial charge in [-0.3, -0.25) is 0 Å². The molecule has 2 heteroatoms. The molecule has 0 amide bonds. The summed E-state index contributed by atoms with van der Waals surface area (Å²) in [6.45, 7) is 4.33. The molecule has 0 bridgehead atoms. The molecule has 0 N–H and O–H groups in total. The van der Waals surface area contributed by atoms with Gasteiger partial charge in [0.25, 0.3) is 0 Å². The van der Waals surface area contributed by atoms with E-state index in [1.807, 2.05) is 0 Å². The van der Waals surface area contributed by atoms with E-state index in [9.17, 15) is 0 Å². The highest BCUT2D eigenvalue weighted by Crippen LogP contribution is 2.17. The van der Waals surface area contributed by atoms with Gasteiger partial charge >= 0.3 is 0 Å². The van der Waals surface area contributed by atoms with Crippen molar-refractivity contribution in [1.29, 1.82) is 0 Å². The van der Waals surface area contributed by atoms with Crippen LogP contribution in [0.4, 0.5) is 0 Å². The third kappa shape index (κ3) is 1.05. The molecule has 0 saturated heterocycles. The van der Waals surface area contributed by atoms with Crippen LogP contribution < -0.4 is 4.57 Å². The third-order valence-corrected chi connectivity index (χ3v) is 2.76. The van der Waals surface area contributed by atoms with Crippen LogP contribution in [0, 0.1) is 13.8 Å². The molecule has 0 unspecified atom stereocenters. The number of benzene rings is 1. The van der Waals surface area contributed by atoms with Crippen molar-refractivity contribution in [3.05, 3.63) is 29.6 Å². The summed E-state index contributed by atoms with van der Waals surface area (Å²) in [4.78, 5) is 0. The van der Waals surface area contributed by atoms with Gasteiger partial charge in [0.05, 0.1) is 14.1 Å². The SMILES string of the molecule is Cc1ccc2c(c1C)[n+](C)cn2C. The predicted molar refractivity (Wildman–Crippen MR) is 53.6 cm³/mol. The first-order valence-electron chi connectivity index (χ1n) is 4.52. The molecule has 0 spiro atoms. The highest BCUT2D eigenvalue weighted by Gasteiger charge is 2.13. The highest BCUT2D eigenvalue weighted by atomic mass is 15.1. The number of aromatic nitrogens is 2. The molecule has 0 aliphatic heterocycles. The summed E-state index contributed by atoms with van der Waals surface area (Å²) < 4.78 is 4.33. The van der Waals surface area contributed by atoms with Crippen LogP contribution in [-0.4, -0.2) is 4.57 Å². The molecule has 0 saturated carbocycles. The maximum atomic E-state index is 2.18. The van der Waals surface area contributed by atoms with Crippen LogP contribution in [-0.2, 0) is 14.1 Å². The van der Waals surface area contributed by atoms with Crippen LogP contribution in [0.25, 0.3) is 11.0 Å². The fourth-order valence-electron chi connectivity index (χ4n) is 1.90. The summed E-state index contributed by atoms with van der Waals surface area (Å²) in [6, 6.07) is 4.36. The Labute approximate surface area is 78.4 Å². The molecule has 2 nitrogen and oxygen atoms in total. The van der Waals surface area contributed by atoms with Crippen LogP contribution in [0.1, 0.15) is 11.1 Å². The van der Waals surface area contributed by atoms with E-state index >= 15 is 0 Å². The van der Waals surface area contributed by atoms with Gasteiger partial charge in [0.15, 0.2) is 11.0 Å².